The summed E-state index contributed by atoms with van der Waals surface area (Å²) in [6.07, 6.45) is 8.43. The Labute approximate surface area is 278 Å². The molecule has 3 aromatic heterocycles. The molecule has 12 nitrogen and oxygen atoms in total. The van der Waals surface area contributed by atoms with Crippen molar-refractivity contribution in [1.82, 2.24) is 23.8 Å². The van der Waals surface area contributed by atoms with Crippen molar-refractivity contribution in [1.29, 1.82) is 0 Å². The van der Waals surface area contributed by atoms with Gasteiger partial charge in [-0.3, -0.25) is 4.90 Å². The molecule has 14 heteroatoms. The molecular formula is C33H36ClN7O5S. The Hall–Kier alpha value is -4.59. The van der Waals surface area contributed by atoms with Gasteiger partial charge in [0, 0.05) is 36.5 Å². The average Bonchev–Trinajstić information content (AvgIpc) is 3.47. The summed E-state index contributed by atoms with van der Waals surface area (Å²) in [5.41, 5.74) is 1.68. The van der Waals surface area contributed by atoms with Gasteiger partial charge in [-0.2, -0.15) is 4.98 Å². The Morgan fingerprint density at radius 3 is 2.57 bits per heavy atom. The zero-order chi connectivity index (χ0) is 32.8. The second kappa shape index (κ2) is 14.4. The number of methoxy groups -OCH3 is 1. The van der Waals surface area contributed by atoms with E-state index in [-0.39, 0.29) is 16.7 Å². The molecule has 0 amide bonds. The number of benzene rings is 2. The summed E-state index contributed by atoms with van der Waals surface area (Å²) >= 11 is 6.46. The number of aromatic nitrogens is 4. The minimum Gasteiger partial charge on any atom is -0.494 e. The number of hydrogen-bond acceptors (Lipinski definition) is 11. The summed E-state index contributed by atoms with van der Waals surface area (Å²) in [5, 5.41) is 7.31. The lowest BCUT2D eigenvalue weighted by Gasteiger charge is -2.26. The minimum absolute atomic E-state index is 0.0456. The van der Waals surface area contributed by atoms with E-state index in [1.165, 1.54) is 35.6 Å². The number of fused-ring (bicyclic) bond motifs is 1. The zero-order valence-corrected chi connectivity index (χ0v) is 27.7. The number of para-hydroxylation sites is 1. The van der Waals surface area contributed by atoms with E-state index in [0.29, 0.717) is 57.8 Å². The summed E-state index contributed by atoms with van der Waals surface area (Å²) in [6.45, 7) is 5.29. The fourth-order valence-electron chi connectivity index (χ4n) is 5.35. The number of anilines is 4. The normalized spacial score (nSPS) is 13.8. The van der Waals surface area contributed by atoms with Gasteiger partial charge in [-0.25, -0.2) is 22.4 Å². The van der Waals surface area contributed by atoms with Gasteiger partial charge >= 0.3 is 0 Å². The SMILES string of the molecule is CCS(=O)(=O)n1cc(Nc2nc(Nc3ccc(Oc4ccnc(OCCN5CCCCC5)c4)cc3OC)ncc2Cl)c2ccccc21. The van der Waals surface area contributed by atoms with Gasteiger partial charge in [0.25, 0.3) is 0 Å². The third kappa shape index (κ3) is 7.70. The first-order chi connectivity index (χ1) is 22.8. The minimum atomic E-state index is -3.53. The molecule has 47 heavy (non-hydrogen) atoms. The molecule has 1 fully saturated rings. The Morgan fingerprint density at radius 2 is 1.77 bits per heavy atom. The molecule has 246 valence electrons. The largest absolute Gasteiger partial charge is 0.494 e. The molecule has 1 saturated heterocycles. The number of likely N-dealkylation sites (tertiary alicyclic amines) is 1. The van der Waals surface area contributed by atoms with Gasteiger partial charge in [0.15, 0.2) is 5.82 Å². The molecule has 0 aliphatic carbocycles. The maximum atomic E-state index is 12.7. The van der Waals surface area contributed by atoms with Gasteiger partial charge in [-0.15, -0.1) is 0 Å². The second-order valence-corrected chi connectivity index (χ2v) is 13.5. The molecule has 0 spiro atoms. The summed E-state index contributed by atoms with van der Waals surface area (Å²) in [5.74, 6) is 2.63. The number of nitrogens with zero attached hydrogens (tertiary/aromatic N) is 5. The van der Waals surface area contributed by atoms with Crippen LogP contribution >= 0.6 is 11.6 Å². The zero-order valence-electron chi connectivity index (χ0n) is 26.1. The molecule has 0 unspecified atom stereocenters. The molecule has 0 saturated carbocycles. The maximum absolute atomic E-state index is 12.7. The Morgan fingerprint density at radius 1 is 0.957 bits per heavy atom. The number of ether oxygens (including phenoxy) is 3. The van der Waals surface area contributed by atoms with Crippen molar-refractivity contribution in [2.75, 3.05) is 49.7 Å². The third-order valence-corrected chi connectivity index (χ3v) is 9.71. The van der Waals surface area contributed by atoms with Crippen LogP contribution in [-0.2, 0) is 10.0 Å². The molecule has 2 aromatic carbocycles. The molecule has 0 atom stereocenters. The van der Waals surface area contributed by atoms with Crippen molar-refractivity contribution < 1.29 is 22.6 Å². The first-order valence-corrected chi connectivity index (χ1v) is 17.4. The molecule has 6 rings (SSSR count). The van der Waals surface area contributed by atoms with Crippen molar-refractivity contribution in [3.63, 3.8) is 0 Å². The lowest BCUT2D eigenvalue weighted by molar-refractivity contribution is 0.180. The lowest BCUT2D eigenvalue weighted by atomic mass is 10.1. The molecule has 1 aliphatic rings. The predicted molar refractivity (Wildman–Crippen MR) is 183 cm³/mol. The molecule has 0 bridgehead atoms. The van der Waals surface area contributed by atoms with Crippen LogP contribution in [-0.4, -0.2) is 71.3 Å². The molecule has 0 radical (unpaired) electrons. The first-order valence-electron chi connectivity index (χ1n) is 15.4. The van der Waals surface area contributed by atoms with Crippen molar-refractivity contribution in [3.8, 4) is 23.1 Å². The van der Waals surface area contributed by atoms with Crippen LogP contribution in [0.15, 0.2) is 73.2 Å². The quantitative estimate of drug-likeness (QED) is 0.136. The van der Waals surface area contributed by atoms with E-state index in [1.807, 2.05) is 12.1 Å². The third-order valence-electron chi connectivity index (χ3n) is 7.81. The van der Waals surface area contributed by atoms with Gasteiger partial charge in [0.2, 0.25) is 21.9 Å². The standard InChI is InChI=1S/C33H36ClN7O5S/c1-3-47(42,43)41-22-28(25-9-5-6-10-29(25)41)37-32-26(34)21-36-33(39-32)38-27-12-11-23(19-30(27)44-2)46-24-13-14-35-31(20-24)45-18-17-40-15-7-4-8-16-40/h5-6,9-14,19-22H,3-4,7-8,15-18H2,1-2H3,(H2,36,37,38,39). The Kier molecular flexibility index (Phi) is 9.95. The highest BCUT2D eigenvalue weighted by Crippen LogP contribution is 2.35. The average molecular weight is 678 g/mol. The summed E-state index contributed by atoms with van der Waals surface area (Å²) in [7, 11) is -1.98. The Bertz CT molecular complexity index is 1960. The highest BCUT2D eigenvalue weighted by molar-refractivity contribution is 7.90. The predicted octanol–water partition coefficient (Wildman–Crippen LogP) is 6.83. The van der Waals surface area contributed by atoms with Gasteiger partial charge < -0.3 is 24.8 Å². The number of piperidine rings is 1. The highest BCUT2D eigenvalue weighted by Gasteiger charge is 2.19. The topological polar surface area (TPSA) is 133 Å². The van der Waals surface area contributed by atoms with Crippen molar-refractivity contribution in [3.05, 3.63) is 78.2 Å². The van der Waals surface area contributed by atoms with E-state index in [1.54, 1.807) is 62.7 Å². The van der Waals surface area contributed by atoms with Gasteiger partial charge in [0.1, 0.15) is 28.9 Å². The van der Waals surface area contributed by atoms with E-state index < -0.39 is 10.0 Å². The van der Waals surface area contributed by atoms with Crippen molar-refractivity contribution >= 4 is 55.7 Å². The van der Waals surface area contributed by atoms with Gasteiger partial charge in [0.05, 0.1) is 36.0 Å². The van der Waals surface area contributed by atoms with E-state index in [4.69, 9.17) is 25.8 Å². The lowest BCUT2D eigenvalue weighted by Crippen LogP contribution is -2.33. The molecular weight excluding hydrogens is 642 g/mol. The Balaban J connectivity index is 1.15. The van der Waals surface area contributed by atoms with E-state index in [9.17, 15) is 8.42 Å². The number of nitrogens with one attached hydrogen (secondary N) is 2. The molecule has 5 aromatic rings. The fourth-order valence-corrected chi connectivity index (χ4v) is 6.49. The number of hydrogen-bond donors (Lipinski definition) is 2. The monoisotopic (exact) mass is 677 g/mol. The van der Waals surface area contributed by atoms with Crippen LogP contribution in [0.3, 0.4) is 0 Å². The van der Waals surface area contributed by atoms with E-state index >= 15 is 0 Å². The van der Waals surface area contributed by atoms with Gasteiger partial charge in [-0.05, 0) is 57.1 Å². The van der Waals surface area contributed by atoms with Gasteiger partial charge in [-0.1, -0.05) is 36.2 Å². The number of halogens is 1. The van der Waals surface area contributed by atoms with Crippen molar-refractivity contribution in [2.24, 2.45) is 0 Å². The van der Waals surface area contributed by atoms with Crippen LogP contribution in [0.5, 0.6) is 23.1 Å². The number of pyridine rings is 1. The van der Waals surface area contributed by atoms with Crippen LogP contribution in [0.2, 0.25) is 5.02 Å². The van der Waals surface area contributed by atoms with Crippen molar-refractivity contribution in [2.45, 2.75) is 26.2 Å². The smallest absolute Gasteiger partial charge is 0.238 e. The van der Waals surface area contributed by atoms with E-state index in [0.717, 1.165) is 19.6 Å². The van der Waals surface area contributed by atoms with Crippen LogP contribution in [0.1, 0.15) is 26.2 Å². The fraction of sp³-hybridized carbons (Fsp3) is 0.303. The maximum Gasteiger partial charge on any atom is 0.238 e. The summed E-state index contributed by atoms with van der Waals surface area (Å²) in [4.78, 5) is 15.6. The molecule has 4 heterocycles. The second-order valence-electron chi connectivity index (χ2n) is 10.9. The highest BCUT2D eigenvalue weighted by atomic mass is 35.5. The number of rotatable bonds is 13. The van der Waals surface area contributed by atoms with Crippen LogP contribution in [0, 0.1) is 0 Å². The van der Waals surface area contributed by atoms with Crippen LogP contribution in [0.25, 0.3) is 10.9 Å². The molecule has 2 N–H and O–H groups in total. The van der Waals surface area contributed by atoms with Crippen LogP contribution in [0.4, 0.5) is 23.1 Å². The molecule has 1 aliphatic heterocycles. The first kappa shape index (κ1) is 32.4. The van der Waals surface area contributed by atoms with Crippen LogP contribution < -0.4 is 24.8 Å². The summed E-state index contributed by atoms with van der Waals surface area (Å²) < 4.78 is 44.4. The van der Waals surface area contributed by atoms with E-state index in [2.05, 4.69) is 30.5 Å². The summed E-state index contributed by atoms with van der Waals surface area (Å²) in [6, 6.07) is 16.1.